The van der Waals surface area contributed by atoms with Gasteiger partial charge in [0.05, 0.1) is 18.9 Å². The van der Waals surface area contributed by atoms with Gasteiger partial charge in [-0.1, -0.05) is 6.07 Å². The number of benzene rings is 1. The summed E-state index contributed by atoms with van der Waals surface area (Å²) in [4.78, 5) is 16.5. The number of amides is 1. The predicted molar refractivity (Wildman–Crippen MR) is 94.6 cm³/mol. The lowest BCUT2D eigenvalue weighted by atomic mass is 10.1. The number of aryl methyl sites for hydroxylation is 1. The van der Waals surface area contributed by atoms with Gasteiger partial charge in [-0.3, -0.25) is 9.78 Å². The van der Waals surface area contributed by atoms with Crippen molar-refractivity contribution in [2.24, 2.45) is 0 Å². The standard InChI is InChI=1S/C19H24N2O3/c1-14(2)24-18-11-10-16(23-3)13-17(18)21-19(22)9-6-8-15-7-4-5-12-20-15/h4-5,7,10-14H,6,8-9H2,1-3H3,(H,21,22). The Morgan fingerprint density at radius 1 is 1.25 bits per heavy atom. The van der Waals surface area contributed by atoms with Crippen LogP contribution in [-0.2, 0) is 11.2 Å². The van der Waals surface area contributed by atoms with Crippen molar-refractivity contribution in [1.82, 2.24) is 4.98 Å². The highest BCUT2D eigenvalue weighted by Gasteiger charge is 2.11. The van der Waals surface area contributed by atoms with E-state index in [1.807, 2.05) is 44.2 Å². The summed E-state index contributed by atoms with van der Waals surface area (Å²) in [6.07, 6.45) is 3.74. The molecule has 128 valence electrons. The fourth-order valence-corrected chi connectivity index (χ4v) is 2.28. The van der Waals surface area contributed by atoms with Crippen molar-refractivity contribution in [3.05, 3.63) is 48.3 Å². The topological polar surface area (TPSA) is 60.5 Å². The molecule has 0 atom stereocenters. The Labute approximate surface area is 143 Å². The van der Waals surface area contributed by atoms with E-state index < -0.39 is 0 Å². The van der Waals surface area contributed by atoms with E-state index in [0.29, 0.717) is 23.6 Å². The lowest BCUT2D eigenvalue weighted by Gasteiger charge is -2.16. The molecule has 5 nitrogen and oxygen atoms in total. The van der Waals surface area contributed by atoms with Gasteiger partial charge in [-0.2, -0.15) is 0 Å². The minimum atomic E-state index is -0.0483. The molecular formula is C19H24N2O3. The molecule has 0 spiro atoms. The Morgan fingerprint density at radius 3 is 2.75 bits per heavy atom. The summed E-state index contributed by atoms with van der Waals surface area (Å²) in [5.41, 5.74) is 1.63. The smallest absolute Gasteiger partial charge is 0.224 e. The maximum atomic E-state index is 12.2. The number of carbonyl (C=O) groups is 1. The Bertz CT molecular complexity index is 657. The van der Waals surface area contributed by atoms with Crippen LogP contribution in [0.4, 0.5) is 5.69 Å². The zero-order chi connectivity index (χ0) is 17.4. The van der Waals surface area contributed by atoms with Gasteiger partial charge in [0.1, 0.15) is 11.5 Å². The van der Waals surface area contributed by atoms with Gasteiger partial charge in [0.15, 0.2) is 0 Å². The van der Waals surface area contributed by atoms with Gasteiger partial charge in [0.2, 0.25) is 5.91 Å². The molecule has 0 aliphatic rings. The molecule has 0 saturated carbocycles. The van der Waals surface area contributed by atoms with E-state index in [1.165, 1.54) is 0 Å². The Morgan fingerprint density at radius 2 is 2.08 bits per heavy atom. The molecular weight excluding hydrogens is 304 g/mol. The molecule has 2 aromatic rings. The fourth-order valence-electron chi connectivity index (χ4n) is 2.28. The number of nitrogens with one attached hydrogen (secondary N) is 1. The van der Waals surface area contributed by atoms with Crippen molar-refractivity contribution in [3.8, 4) is 11.5 Å². The van der Waals surface area contributed by atoms with E-state index in [2.05, 4.69) is 10.3 Å². The van der Waals surface area contributed by atoms with Crippen LogP contribution < -0.4 is 14.8 Å². The van der Waals surface area contributed by atoms with Crippen LogP contribution in [0.25, 0.3) is 0 Å². The van der Waals surface area contributed by atoms with E-state index in [0.717, 1.165) is 18.5 Å². The third-order valence-corrected chi connectivity index (χ3v) is 3.39. The van der Waals surface area contributed by atoms with Crippen molar-refractivity contribution in [2.75, 3.05) is 12.4 Å². The predicted octanol–water partition coefficient (Wildman–Crippen LogP) is 3.84. The second kappa shape index (κ2) is 8.91. The van der Waals surface area contributed by atoms with Crippen molar-refractivity contribution in [1.29, 1.82) is 0 Å². The first kappa shape index (κ1) is 17.8. The van der Waals surface area contributed by atoms with E-state index in [4.69, 9.17) is 9.47 Å². The first-order valence-corrected chi connectivity index (χ1v) is 8.13. The molecule has 0 saturated heterocycles. The number of rotatable bonds is 8. The maximum absolute atomic E-state index is 12.2. The van der Waals surface area contributed by atoms with Crippen LogP contribution in [0, 0.1) is 0 Å². The van der Waals surface area contributed by atoms with E-state index in [1.54, 1.807) is 19.4 Å². The van der Waals surface area contributed by atoms with Crippen molar-refractivity contribution in [2.45, 2.75) is 39.2 Å². The quantitative estimate of drug-likeness (QED) is 0.800. The summed E-state index contributed by atoms with van der Waals surface area (Å²) >= 11 is 0. The summed E-state index contributed by atoms with van der Waals surface area (Å²) in [5.74, 6) is 1.27. The molecule has 2 rings (SSSR count). The molecule has 0 radical (unpaired) electrons. The second-order valence-electron chi connectivity index (χ2n) is 5.75. The van der Waals surface area contributed by atoms with Gasteiger partial charge in [-0.15, -0.1) is 0 Å². The summed E-state index contributed by atoms with van der Waals surface area (Å²) in [7, 11) is 1.59. The van der Waals surface area contributed by atoms with Gasteiger partial charge >= 0.3 is 0 Å². The Hall–Kier alpha value is -2.56. The number of ether oxygens (including phenoxy) is 2. The normalized spacial score (nSPS) is 10.5. The van der Waals surface area contributed by atoms with Gasteiger partial charge in [-0.25, -0.2) is 0 Å². The number of nitrogens with zero attached hydrogens (tertiary/aromatic N) is 1. The van der Waals surface area contributed by atoms with Gasteiger partial charge in [0, 0.05) is 24.4 Å². The van der Waals surface area contributed by atoms with E-state index in [9.17, 15) is 4.79 Å². The lowest BCUT2D eigenvalue weighted by Crippen LogP contribution is -2.14. The van der Waals surface area contributed by atoms with Crippen molar-refractivity contribution < 1.29 is 14.3 Å². The number of aromatic nitrogens is 1. The summed E-state index contributed by atoms with van der Waals surface area (Å²) in [5, 5.41) is 2.91. The third-order valence-electron chi connectivity index (χ3n) is 3.39. The number of hydrogen-bond acceptors (Lipinski definition) is 4. The van der Waals surface area contributed by atoms with Crippen LogP contribution in [0.3, 0.4) is 0 Å². The molecule has 1 N–H and O–H groups in total. The molecule has 1 heterocycles. The molecule has 1 amide bonds. The molecule has 0 aliphatic heterocycles. The van der Waals surface area contributed by atoms with Gasteiger partial charge < -0.3 is 14.8 Å². The largest absolute Gasteiger partial charge is 0.497 e. The molecule has 5 heteroatoms. The highest BCUT2D eigenvalue weighted by molar-refractivity contribution is 5.92. The molecule has 24 heavy (non-hydrogen) atoms. The van der Waals surface area contributed by atoms with Crippen molar-refractivity contribution >= 4 is 11.6 Å². The highest BCUT2D eigenvalue weighted by atomic mass is 16.5. The zero-order valence-electron chi connectivity index (χ0n) is 14.4. The lowest BCUT2D eigenvalue weighted by molar-refractivity contribution is -0.116. The molecule has 0 unspecified atom stereocenters. The van der Waals surface area contributed by atoms with Crippen LogP contribution in [-0.4, -0.2) is 24.1 Å². The fraction of sp³-hybridized carbons (Fsp3) is 0.368. The summed E-state index contributed by atoms with van der Waals surface area (Å²) < 4.78 is 11.0. The number of hydrogen-bond donors (Lipinski definition) is 1. The first-order chi connectivity index (χ1) is 11.6. The van der Waals surface area contributed by atoms with Gasteiger partial charge in [-0.05, 0) is 51.0 Å². The van der Waals surface area contributed by atoms with Crippen LogP contribution in [0.2, 0.25) is 0 Å². The minimum Gasteiger partial charge on any atom is -0.497 e. The number of anilines is 1. The Balaban J connectivity index is 1.94. The molecule has 0 aliphatic carbocycles. The highest BCUT2D eigenvalue weighted by Crippen LogP contribution is 2.30. The number of methoxy groups -OCH3 is 1. The third kappa shape index (κ3) is 5.57. The first-order valence-electron chi connectivity index (χ1n) is 8.13. The molecule has 1 aromatic carbocycles. The molecule has 0 bridgehead atoms. The number of carbonyl (C=O) groups excluding carboxylic acids is 1. The van der Waals surface area contributed by atoms with Crippen LogP contribution >= 0.6 is 0 Å². The van der Waals surface area contributed by atoms with Crippen molar-refractivity contribution in [3.63, 3.8) is 0 Å². The average molecular weight is 328 g/mol. The molecule has 1 aromatic heterocycles. The minimum absolute atomic E-state index is 0.0261. The van der Waals surface area contributed by atoms with Gasteiger partial charge in [0.25, 0.3) is 0 Å². The summed E-state index contributed by atoms with van der Waals surface area (Å²) in [6, 6.07) is 11.2. The van der Waals surface area contributed by atoms with E-state index in [-0.39, 0.29) is 12.0 Å². The van der Waals surface area contributed by atoms with Crippen LogP contribution in [0.15, 0.2) is 42.6 Å². The molecule has 0 fully saturated rings. The average Bonchev–Trinajstić information content (AvgIpc) is 2.57. The van der Waals surface area contributed by atoms with Crippen LogP contribution in [0.5, 0.6) is 11.5 Å². The Kier molecular flexibility index (Phi) is 6.61. The summed E-state index contributed by atoms with van der Waals surface area (Å²) in [6.45, 7) is 3.89. The number of pyridine rings is 1. The van der Waals surface area contributed by atoms with E-state index >= 15 is 0 Å². The maximum Gasteiger partial charge on any atom is 0.224 e. The second-order valence-corrected chi connectivity index (χ2v) is 5.75. The zero-order valence-corrected chi connectivity index (χ0v) is 14.4. The monoisotopic (exact) mass is 328 g/mol. The SMILES string of the molecule is COc1ccc(OC(C)C)c(NC(=O)CCCc2ccccn2)c1. The van der Waals surface area contributed by atoms with Crippen LogP contribution in [0.1, 0.15) is 32.4 Å².